The number of rotatable bonds is 2. The van der Waals surface area contributed by atoms with E-state index in [0.29, 0.717) is 5.02 Å². The van der Waals surface area contributed by atoms with Crippen LogP contribution in [0.3, 0.4) is 0 Å². The van der Waals surface area contributed by atoms with E-state index in [0.717, 1.165) is 18.2 Å². The summed E-state index contributed by atoms with van der Waals surface area (Å²) in [5.41, 5.74) is 4.05. The van der Waals surface area contributed by atoms with E-state index in [2.05, 4.69) is 10.7 Å². The van der Waals surface area contributed by atoms with Crippen LogP contribution in [-0.4, -0.2) is 11.9 Å². The lowest BCUT2D eigenvalue weighted by atomic mass is 10.2. The molecule has 0 aliphatic heterocycles. The number of amides is 3. The minimum Gasteiger partial charge on any atom is -0.304 e. The monoisotopic (exact) mass is 325 g/mol. The van der Waals surface area contributed by atoms with Crippen molar-refractivity contribution in [2.45, 2.75) is 0 Å². The molecule has 0 saturated carbocycles. The molecule has 0 bridgehead atoms. The molecule has 0 aliphatic carbocycles. The van der Waals surface area contributed by atoms with Crippen molar-refractivity contribution in [1.82, 2.24) is 10.9 Å². The van der Waals surface area contributed by atoms with Gasteiger partial charge in [0.15, 0.2) is 0 Å². The van der Waals surface area contributed by atoms with Crippen LogP contribution < -0.4 is 16.2 Å². The van der Waals surface area contributed by atoms with E-state index in [1.807, 2.05) is 5.43 Å². The van der Waals surface area contributed by atoms with Gasteiger partial charge >= 0.3 is 6.03 Å². The van der Waals surface area contributed by atoms with Gasteiger partial charge in [-0.3, -0.25) is 10.2 Å². The van der Waals surface area contributed by atoms with Crippen LogP contribution in [0.1, 0.15) is 10.4 Å². The highest BCUT2D eigenvalue weighted by molar-refractivity contribution is 6.30. The lowest BCUT2D eigenvalue weighted by molar-refractivity contribution is 0.0938. The van der Waals surface area contributed by atoms with Gasteiger partial charge in [0.05, 0.1) is 5.69 Å². The molecule has 0 atom stereocenters. The Bertz CT molecular complexity index is 708. The van der Waals surface area contributed by atoms with Gasteiger partial charge in [-0.2, -0.15) is 0 Å². The summed E-state index contributed by atoms with van der Waals surface area (Å²) in [6.45, 7) is 0. The summed E-state index contributed by atoms with van der Waals surface area (Å²) in [6, 6.07) is 7.63. The number of halogens is 3. The van der Waals surface area contributed by atoms with Gasteiger partial charge < -0.3 is 5.32 Å². The Morgan fingerprint density at radius 2 is 1.64 bits per heavy atom. The number of anilines is 1. The third-order valence-electron chi connectivity index (χ3n) is 2.57. The first kappa shape index (κ1) is 15.7. The first-order valence-electron chi connectivity index (χ1n) is 6.03. The molecule has 0 fully saturated rings. The van der Waals surface area contributed by atoms with Crippen LogP contribution in [0.5, 0.6) is 0 Å². The van der Waals surface area contributed by atoms with Crippen LogP contribution in [0, 0.1) is 11.6 Å². The Balaban J connectivity index is 1.91. The molecule has 3 amide bonds. The van der Waals surface area contributed by atoms with E-state index >= 15 is 0 Å². The highest BCUT2D eigenvalue weighted by Gasteiger charge is 2.10. The quantitative estimate of drug-likeness (QED) is 0.743. The van der Waals surface area contributed by atoms with Crippen LogP contribution >= 0.6 is 11.6 Å². The Kier molecular flexibility index (Phi) is 4.90. The number of hydrogen-bond acceptors (Lipinski definition) is 2. The number of carbonyl (C=O) groups excluding carboxylic acids is 2. The Morgan fingerprint density at radius 3 is 2.32 bits per heavy atom. The molecule has 2 aromatic rings. The van der Waals surface area contributed by atoms with Gasteiger partial charge in [-0.05, 0) is 36.4 Å². The van der Waals surface area contributed by atoms with Gasteiger partial charge in [-0.1, -0.05) is 11.6 Å². The smallest absolute Gasteiger partial charge is 0.304 e. The number of hydrogen-bond donors (Lipinski definition) is 3. The lowest BCUT2D eigenvalue weighted by Crippen LogP contribution is -2.44. The molecule has 0 saturated heterocycles. The minimum atomic E-state index is -0.924. The predicted molar refractivity (Wildman–Crippen MR) is 77.4 cm³/mol. The Hall–Kier alpha value is -2.67. The van der Waals surface area contributed by atoms with Gasteiger partial charge in [0.25, 0.3) is 5.91 Å². The zero-order chi connectivity index (χ0) is 16.1. The van der Waals surface area contributed by atoms with E-state index in [1.165, 1.54) is 24.3 Å². The molecule has 0 unspecified atom stereocenters. The third-order valence-corrected chi connectivity index (χ3v) is 2.82. The molecule has 114 valence electrons. The number of nitrogens with one attached hydrogen (secondary N) is 3. The molecule has 0 spiro atoms. The SMILES string of the molecule is O=C(NNC(=O)c1ccc(Cl)cc1)Nc1cc(F)ccc1F. The normalized spacial score (nSPS) is 9.95. The Morgan fingerprint density at radius 1 is 0.955 bits per heavy atom. The van der Waals surface area contributed by atoms with Crippen molar-refractivity contribution in [3.63, 3.8) is 0 Å². The number of urea groups is 1. The fourth-order valence-electron chi connectivity index (χ4n) is 1.53. The molecule has 5 nitrogen and oxygen atoms in total. The maximum absolute atomic E-state index is 13.3. The first-order valence-corrected chi connectivity index (χ1v) is 6.41. The average Bonchev–Trinajstić information content (AvgIpc) is 2.49. The zero-order valence-corrected chi connectivity index (χ0v) is 11.7. The van der Waals surface area contributed by atoms with Crippen LogP contribution in [0.2, 0.25) is 5.02 Å². The van der Waals surface area contributed by atoms with Crippen molar-refractivity contribution in [2.24, 2.45) is 0 Å². The van der Waals surface area contributed by atoms with Crippen molar-refractivity contribution in [3.05, 3.63) is 64.7 Å². The maximum atomic E-state index is 13.3. The molecule has 3 N–H and O–H groups in total. The van der Waals surface area contributed by atoms with Crippen molar-refractivity contribution in [1.29, 1.82) is 0 Å². The highest BCUT2D eigenvalue weighted by atomic mass is 35.5. The first-order chi connectivity index (χ1) is 10.5. The van der Waals surface area contributed by atoms with Crippen LogP contribution in [0.4, 0.5) is 19.3 Å². The van der Waals surface area contributed by atoms with Gasteiger partial charge in [0.2, 0.25) is 0 Å². The summed E-state index contributed by atoms with van der Waals surface area (Å²) in [7, 11) is 0. The fraction of sp³-hybridized carbons (Fsp3) is 0. The summed E-state index contributed by atoms with van der Waals surface area (Å²) in [4.78, 5) is 23.2. The molecule has 0 heterocycles. The van der Waals surface area contributed by atoms with Gasteiger partial charge in [0.1, 0.15) is 11.6 Å². The highest BCUT2D eigenvalue weighted by Crippen LogP contribution is 2.14. The molecule has 2 rings (SSSR count). The second-order valence-electron chi connectivity index (χ2n) is 4.16. The number of carbonyl (C=O) groups is 2. The summed E-state index contributed by atoms with van der Waals surface area (Å²) in [5.74, 6) is -2.10. The van der Waals surface area contributed by atoms with Crippen LogP contribution in [-0.2, 0) is 0 Å². The van der Waals surface area contributed by atoms with E-state index in [-0.39, 0.29) is 11.3 Å². The molecule has 0 aliphatic rings. The maximum Gasteiger partial charge on any atom is 0.338 e. The van der Waals surface area contributed by atoms with Gasteiger partial charge in [-0.15, -0.1) is 0 Å². The predicted octanol–water partition coefficient (Wildman–Crippen LogP) is 3.08. The minimum absolute atomic E-state index is 0.265. The standard InChI is InChI=1S/C14H10ClF2N3O2/c15-9-3-1-8(2-4-9)13(21)19-20-14(22)18-12-7-10(16)5-6-11(12)17/h1-7H,(H,19,21)(H2,18,20,22). The molecule has 22 heavy (non-hydrogen) atoms. The summed E-state index contributed by atoms with van der Waals surface area (Å²) >= 11 is 5.68. The fourth-order valence-corrected chi connectivity index (χ4v) is 1.66. The molecule has 0 radical (unpaired) electrons. The molecular weight excluding hydrogens is 316 g/mol. The van der Waals surface area contributed by atoms with E-state index in [1.54, 1.807) is 0 Å². The van der Waals surface area contributed by atoms with E-state index in [4.69, 9.17) is 11.6 Å². The number of benzene rings is 2. The second kappa shape index (κ2) is 6.86. The van der Waals surface area contributed by atoms with E-state index in [9.17, 15) is 18.4 Å². The lowest BCUT2D eigenvalue weighted by Gasteiger charge is -2.09. The zero-order valence-electron chi connectivity index (χ0n) is 11.0. The molecule has 8 heteroatoms. The van der Waals surface area contributed by atoms with Gasteiger partial charge in [-0.25, -0.2) is 19.0 Å². The van der Waals surface area contributed by atoms with Crippen LogP contribution in [0.15, 0.2) is 42.5 Å². The third kappa shape index (κ3) is 4.16. The van der Waals surface area contributed by atoms with Gasteiger partial charge in [0, 0.05) is 16.7 Å². The molecular formula is C14H10ClF2N3O2. The van der Waals surface area contributed by atoms with Crippen LogP contribution in [0.25, 0.3) is 0 Å². The van der Waals surface area contributed by atoms with Crippen molar-refractivity contribution in [3.8, 4) is 0 Å². The Labute approximate surface area is 129 Å². The molecule has 2 aromatic carbocycles. The van der Waals surface area contributed by atoms with Crippen molar-refractivity contribution < 1.29 is 18.4 Å². The van der Waals surface area contributed by atoms with E-state index < -0.39 is 23.6 Å². The second-order valence-corrected chi connectivity index (χ2v) is 4.60. The summed E-state index contributed by atoms with van der Waals surface area (Å²) in [5, 5.41) is 2.53. The summed E-state index contributed by atoms with van der Waals surface area (Å²) in [6.07, 6.45) is 0. The van der Waals surface area contributed by atoms with Crippen molar-refractivity contribution >= 4 is 29.2 Å². The summed E-state index contributed by atoms with van der Waals surface area (Å²) < 4.78 is 26.3. The number of hydrazine groups is 1. The van der Waals surface area contributed by atoms with Crippen molar-refractivity contribution in [2.75, 3.05) is 5.32 Å². The molecule has 0 aromatic heterocycles. The topological polar surface area (TPSA) is 70.2 Å². The average molecular weight is 326 g/mol. The largest absolute Gasteiger partial charge is 0.338 e.